The van der Waals surface area contributed by atoms with Crippen LogP contribution in [0.2, 0.25) is 0 Å². The van der Waals surface area contributed by atoms with Crippen molar-refractivity contribution < 1.29 is 9.18 Å². The van der Waals surface area contributed by atoms with Crippen molar-refractivity contribution >= 4 is 5.91 Å². The molecule has 1 aromatic rings. The summed E-state index contributed by atoms with van der Waals surface area (Å²) in [6.07, 6.45) is 2.50. The lowest BCUT2D eigenvalue weighted by atomic mass is 9.97. The summed E-state index contributed by atoms with van der Waals surface area (Å²) in [7, 11) is 0. The Morgan fingerprint density at radius 1 is 1.33 bits per heavy atom. The molecule has 4 heteroatoms. The summed E-state index contributed by atoms with van der Waals surface area (Å²) < 4.78 is 13.6. The molecule has 0 aromatic heterocycles. The largest absolute Gasteiger partial charge is 0.342 e. The predicted octanol–water partition coefficient (Wildman–Crippen LogP) is 1.57. The minimum Gasteiger partial charge on any atom is -0.342 e. The molecule has 1 fully saturated rings. The lowest BCUT2D eigenvalue weighted by molar-refractivity contribution is -0.134. The fourth-order valence-electron chi connectivity index (χ4n) is 2.40. The summed E-state index contributed by atoms with van der Waals surface area (Å²) in [5.74, 6) is -0.497. The number of carbonyl (C=O) groups is 1. The van der Waals surface area contributed by atoms with E-state index in [4.69, 9.17) is 5.73 Å². The van der Waals surface area contributed by atoms with Gasteiger partial charge in [0.25, 0.3) is 0 Å². The molecule has 1 unspecified atom stereocenters. The van der Waals surface area contributed by atoms with Crippen LogP contribution in [0, 0.1) is 11.7 Å². The second-order valence-corrected chi connectivity index (χ2v) is 4.76. The summed E-state index contributed by atoms with van der Waals surface area (Å²) >= 11 is 0. The van der Waals surface area contributed by atoms with Crippen LogP contribution in [0.25, 0.3) is 0 Å². The van der Waals surface area contributed by atoms with Crippen molar-refractivity contribution in [2.45, 2.75) is 19.3 Å². The Morgan fingerprint density at radius 3 is 2.61 bits per heavy atom. The maximum Gasteiger partial charge on any atom is 0.227 e. The van der Waals surface area contributed by atoms with E-state index in [9.17, 15) is 9.18 Å². The molecule has 1 saturated heterocycles. The fourth-order valence-corrected chi connectivity index (χ4v) is 2.40. The van der Waals surface area contributed by atoms with Crippen LogP contribution in [0.15, 0.2) is 24.3 Å². The molecule has 1 atom stereocenters. The number of nitrogens with zero attached hydrogens (tertiary/aromatic N) is 1. The quantitative estimate of drug-likeness (QED) is 0.881. The second kappa shape index (κ2) is 5.96. The van der Waals surface area contributed by atoms with Gasteiger partial charge in [0.2, 0.25) is 5.91 Å². The van der Waals surface area contributed by atoms with E-state index in [-0.39, 0.29) is 24.2 Å². The van der Waals surface area contributed by atoms with E-state index in [1.807, 2.05) is 4.90 Å². The molecule has 0 saturated carbocycles. The molecule has 1 amide bonds. The first-order valence-corrected chi connectivity index (χ1v) is 6.44. The van der Waals surface area contributed by atoms with Gasteiger partial charge in [-0.1, -0.05) is 18.2 Å². The Balaban J connectivity index is 2.05. The molecule has 0 spiro atoms. The van der Waals surface area contributed by atoms with Crippen molar-refractivity contribution in [3.05, 3.63) is 35.6 Å². The maximum absolute atomic E-state index is 13.6. The highest BCUT2D eigenvalue weighted by atomic mass is 19.1. The van der Waals surface area contributed by atoms with Crippen LogP contribution < -0.4 is 5.73 Å². The van der Waals surface area contributed by atoms with Gasteiger partial charge in [0.1, 0.15) is 5.82 Å². The van der Waals surface area contributed by atoms with Gasteiger partial charge in [-0.15, -0.1) is 0 Å². The number of likely N-dealkylation sites (tertiary alicyclic amines) is 1. The minimum absolute atomic E-state index is 0.0678. The average Bonchev–Trinajstić information content (AvgIpc) is 2.91. The predicted molar refractivity (Wildman–Crippen MR) is 68.5 cm³/mol. The topological polar surface area (TPSA) is 46.3 Å². The van der Waals surface area contributed by atoms with E-state index < -0.39 is 0 Å². The number of benzene rings is 1. The second-order valence-electron chi connectivity index (χ2n) is 4.76. The SMILES string of the molecule is NCC(Cc1ccccc1F)C(=O)N1CCCC1. The molecule has 0 bridgehead atoms. The van der Waals surface area contributed by atoms with Crippen LogP contribution >= 0.6 is 0 Å². The number of rotatable bonds is 4. The van der Waals surface area contributed by atoms with Gasteiger partial charge < -0.3 is 10.6 Å². The van der Waals surface area contributed by atoms with E-state index in [0.717, 1.165) is 25.9 Å². The molecule has 0 radical (unpaired) electrons. The molecule has 1 heterocycles. The molecule has 1 aromatic carbocycles. The first-order chi connectivity index (χ1) is 8.72. The average molecular weight is 250 g/mol. The maximum atomic E-state index is 13.6. The molecule has 3 nitrogen and oxygen atoms in total. The standard InChI is InChI=1S/C14H19FN2O/c15-13-6-2-1-5-11(13)9-12(10-16)14(18)17-7-3-4-8-17/h1-2,5-6,12H,3-4,7-10,16H2. The van der Waals surface area contributed by atoms with Gasteiger partial charge >= 0.3 is 0 Å². The minimum atomic E-state index is -0.306. The van der Waals surface area contributed by atoms with Crippen molar-refractivity contribution in [3.63, 3.8) is 0 Å². The monoisotopic (exact) mass is 250 g/mol. The Labute approximate surface area is 107 Å². The summed E-state index contributed by atoms with van der Waals surface area (Å²) in [5, 5.41) is 0. The third-order valence-corrected chi connectivity index (χ3v) is 3.48. The summed E-state index contributed by atoms with van der Waals surface area (Å²) in [6.45, 7) is 1.89. The summed E-state index contributed by atoms with van der Waals surface area (Å²) in [6, 6.07) is 6.57. The normalized spacial score (nSPS) is 16.9. The number of amides is 1. The third kappa shape index (κ3) is 2.88. The van der Waals surface area contributed by atoms with Crippen molar-refractivity contribution in [1.82, 2.24) is 4.90 Å². The number of nitrogens with two attached hydrogens (primary N) is 1. The van der Waals surface area contributed by atoms with Crippen molar-refractivity contribution in [3.8, 4) is 0 Å². The Morgan fingerprint density at radius 2 is 2.00 bits per heavy atom. The van der Waals surface area contributed by atoms with Crippen LogP contribution in [-0.2, 0) is 11.2 Å². The smallest absolute Gasteiger partial charge is 0.227 e. The Hall–Kier alpha value is -1.42. The number of carbonyl (C=O) groups excluding carboxylic acids is 1. The Kier molecular flexibility index (Phi) is 4.31. The third-order valence-electron chi connectivity index (χ3n) is 3.48. The molecule has 1 aliphatic rings. The highest BCUT2D eigenvalue weighted by Crippen LogP contribution is 2.17. The van der Waals surface area contributed by atoms with Crippen LogP contribution in [0.3, 0.4) is 0 Å². The van der Waals surface area contributed by atoms with Crippen molar-refractivity contribution in [2.75, 3.05) is 19.6 Å². The van der Waals surface area contributed by atoms with Gasteiger partial charge in [0.05, 0.1) is 5.92 Å². The van der Waals surface area contributed by atoms with Gasteiger partial charge in [-0.05, 0) is 30.9 Å². The van der Waals surface area contributed by atoms with E-state index in [1.54, 1.807) is 18.2 Å². The lowest BCUT2D eigenvalue weighted by Gasteiger charge is -2.22. The van der Waals surface area contributed by atoms with Crippen LogP contribution in [0.5, 0.6) is 0 Å². The first-order valence-electron chi connectivity index (χ1n) is 6.44. The number of halogens is 1. The number of hydrogen-bond donors (Lipinski definition) is 1. The zero-order valence-electron chi connectivity index (χ0n) is 10.4. The number of hydrogen-bond acceptors (Lipinski definition) is 2. The molecule has 98 valence electrons. The van der Waals surface area contributed by atoms with Crippen molar-refractivity contribution in [2.24, 2.45) is 11.7 Å². The highest BCUT2D eigenvalue weighted by molar-refractivity contribution is 5.79. The van der Waals surface area contributed by atoms with Crippen LogP contribution in [0.1, 0.15) is 18.4 Å². The van der Waals surface area contributed by atoms with Crippen LogP contribution in [0.4, 0.5) is 4.39 Å². The van der Waals surface area contributed by atoms with Crippen molar-refractivity contribution in [1.29, 1.82) is 0 Å². The van der Waals surface area contributed by atoms with Crippen LogP contribution in [-0.4, -0.2) is 30.4 Å². The van der Waals surface area contributed by atoms with E-state index in [1.165, 1.54) is 6.07 Å². The molecular weight excluding hydrogens is 231 g/mol. The fraction of sp³-hybridized carbons (Fsp3) is 0.500. The van der Waals surface area contributed by atoms with E-state index in [0.29, 0.717) is 12.0 Å². The summed E-state index contributed by atoms with van der Waals surface area (Å²) in [5.41, 5.74) is 6.24. The van der Waals surface area contributed by atoms with Gasteiger partial charge in [0, 0.05) is 19.6 Å². The molecule has 18 heavy (non-hydrogen) atoms. The Bertz CT molecular complexity index is 416. The first kappa shape index (κ1) is 13.0. The molecule has 1 aliphatic heterocycles. The summed E-state index contributed by atoms with van der Waals surface area (Å²) in [4.78, 5) is 14.1. The molecule has 2 rings (SSSR count). The molecular formula is C14H19FN2O. The van der Waals surface area contributed by atoms with Gasteiger partial charge in [-0.2, -0.15) is 0 Å². The molecule has 2 N–H and O–H groups in total. The van der Waals surface area contributed by atoms with Gasteiger partial charge in [0.15, 0.2) is 0 Å². The zero-order chi connectivity index (χ0) is 13.0. The lowest BCUT2D eigenvalue weighted by Crippen LogP contribution is -2.38. The highest BCUT2D eigenvalue weighted by Gasteiger charge is 2.26. The molecule has 0 aliphatic carbocycles. The van der Waals surface area contributed by atoms with Gasteiger partial charge in [-0.25, -0.2) is 4.39 Å². The van der Waals surface area contributed by atoms with E-state index in [2.05, 4.69) is 0 Å². The van der Waals surface area contributed by atoms with E-state index >= 15 is 0 Å². The zero-order valence-corrected chi connectivity index (χ0v) is 10.4. The van der Waals surface area contributed by atoms with Gasteiger partial charge in [-0.3, -0.25) is 4.79 Å².